The largest absolute Gasteiger partial charge is 0.497 e. The molecule has 5 atom stereocenters. The van der Waals surface area contributed by atoms with E-state index in [9.17, 15) is 13.6 Å². The third-order valence-electron chi connectivity index (χ3n) is 10.3. The van der Waals surface area contributed by atoms with E-state index in [2.05, 4.69) is 41.3 Å². The van der Waals surface area contributed by atoms with Gasteiger partial charge in [-0.3, -0.25) is 9.36 Å². The second-order valence-electron chi connectivity index (χ2n) is 13.0. The molecule has 1 aliphatic heterocycles. The van der Waals surface area contributed by atoms with E-state index in [4.69, 9.17) is 9.73 Å². The lowest BCUT2D eigenvalue weighted by atomic mass is 9.45. The number of aromatic nitrogens is 2. The van der Waals surface area contributed by atoms with E-state index in [0.717, 1.165) is 24.6 Å². The van der Waals surface area contributed by atoms with Crippen LogP contribution in [-0.4, -0.2) is 65.9 Å². The maximum atomic E-state index is 14.4. The summed E-state index contributed by atoms with van der Waals surface area (Å²) >= 11 is 0. The van der Waals surface area contributed by atoms with Gasteiger partial charge in [0.2, 0.25) is 0 Å². The molecule has 1 aromatic heterocycles. The molecule has 0 radical (unpaired) electrons. The number of aliphatic imine (C=N–C) groups is 1. The number of hydrogen-bond acceptors (Lipinski definition) is 5. The molecule has 8 nitrogen and oxygen atoms in total. The Hall–Kier alpha value is -3.53. The number of anilines is 1. The molecule has 7 rings (SSSR count). The Morgan fingerprint density at radius 2 is 2.07 bits per heavy atom. The highest BCUT2D eigenvalue weighted by molar-refractivity contribution is 5.96. The third-order valence-corrected chi connectivity index (χ3v) is 10.3. The van der Waals surface area contributed by atoms with Gasteiger partial charge in [0, 0.05) is 37.9 Å². The fourth-order valence-corrected chi connectivity index (χ4v) is 7.39. The van der Waals surface area contributed by atoms with E-state index in [1.165, 1.54) is 30.5 Å². The second-order valence-corrected chi connectivity index (χ2v) is 13.0. The van der Waals surface area contributed by atoms with Gasteiger partial charge in [-0.15, -0.1) is 0 Å². The molecule has 2 heterocycles. The SMILES string of the molecule is COc1ccc(CCn2cnc3cc(NC(=NC4C[C@H]5C[C@H]([C@@H]4C)C5(C)C)N4CCN[C@@H](CF)C4)ccc3c2=O)c(F)c1. The summed E-state index contributed by atoms with van der Waals surface area (Å²) in [5.74, 6) is 2.66. The number of hydrogen-bond donors (Lipinski definition) is 2. The van der Waals surface area contributed by atoms with Crippen LogP contribution >= 0.6 is 0 Å². The minimum Gasteiger partial charge on any atom is -0.497 e. The van der Waals surface area contributed by atoms with Gasteiger partial charge in [0.1, 0.15) is 18.2 Å². The number of ether oxygens (including phenoxy) is 1. The second kappa shape index (κ2) is 11.9. The zero-order chi connectivity index (χ0) is 30.3. The molecule has 0 spiro atoms. The van der Waals surface area contributed by atoms with E-state index in [-0.39, 0.29) is 23.5 Å². The van der Waals surface area contributed by atoms with E-state index in [0.29, 0.717) is 71.4 Å². The normalized spacial score (nSPS) is 26.7. The van der Waals surface area contributed by atoms with Gasteiger partial charge in [-0.2, -0.15) is 0 Å². The molecule has 3 saturated carbocycles. The molecular formula is C33H42F2N6O2. The topological polar surface area (TPSA) is 83.8 Å². The summed E-state index contributed by atoms with van der Waals surface area (Å²) in [6, 6.07) is 10.2. The highest BCUT2D eigenvalue weighted by Gasteiger charge is 2.56. The van der Waals surface area contributed by atoms with Crippen LogP contribution in [0.3, 0.4) is 0 Å². The molecule has 0 amide bonds. The van der Waals surface area contributed by atoms with Crippen molar-refractivity contribution in [1.29, 1.82) is 0 Å². The zero-order valence-electron chi connectivity index (χ0n) is 25.4. The molecule has 2 aromatic carbocycles. The van der Waals surface area contributed by atoms with E-state index < -0.39 is 6.67 Å². The summed E-state index contributed by atoms with van der Waals surface area (Å²) in [5, 5.41) is 7.26. The van der Waals surface area contributed by atoms with Gasteiger partial charge in [-0.1, -0.05) is 26.8 Å². The highest BCUT2D eigenvalue weighted by atomic mass is 19.1. The van der Waals surface area contributed by atoms with Crippen LogP contribution in [0.4, 0.5) is 14.5 Å². The molecule has 1 saturated heterocycles. The maximum Gasteiger partial charge on any atom is 0.261 e. The van der Waals surface area contributed by atoms with Gasteiger partial charge >= 0.3 is 0 Å². The number of rotatable bonds is 7. The summed E-state index contributed by atoms with van der Waals surface area (Å²) < 4.78 is 34.6. The molecule has 2 N–H and O–H groups in total. The number of methoxy groups -OCH3 is 1. The smallest absolute Gasteiger partial charge is 0.261 e. The van der Waals surface area contributed by atoms with Crippen molar-refractivity contribution in [2.75, 3.05) is 38.7 Å². The average molecular weight is 593 g/mol. The molecule has 43 heavy (non-hydrogen) atoms. The lowest BCUT2D eigenvalue weighted by Gasteiger charge is -2.61. The van der Waals surface area contributed by atoms with Crippen LogP contribution < -0.4 is 20.9 Å². The molecule has 3 aromatic rings. The van der Waals surface area contributed by atoms with E-state index >= 15 is 0 Å². The van der Waals surface area contributed by atoms with Crippen molar-refractivity contribution < 1.29 is 13.5 Å². The molecule has 230 valence electrons. The Kier molecular flexibility index (Phi) is 8.15. The first-order chi connectivity index (χ1) is 20.7. The lowest BCUT2D eigenvalue weighted by Crippen LogP contribution is -2.58. The van der Waals surface area contributed by atoms with Crippen molar-refractivity contribution >= 4 is 22.5 Å². The van der Waals surface area contributed by atoms with Crippen molar-refractivity contribution in [3.05, 3.63) is 64.5 Å². The van der Waals surface area contributed by atoms with Crippen LogP contribution in [0.1, 0.15) is 39.2 Å². The predicted octanol–water partition coefficient (Wildman–Crippen LogP) is 4.87. The van der Waals surface area contributed by atoms with Crippen molar-refractivity contribution in [2.24, 2.45) is 28.2 Å². The van der Waals surface area contributed by atoms with Gasteiger partial charge in [-0.25, -0.2) is 18.8 Å². The number of halogens is 2. The maximum absolute atomic E-state index is 14.4. The first-order valence-electron chi connectivity index (χ1n) is 15.4. The number of guanidine groups is 1. The van der Waals surface area contributed by atoms with Crippen LogP contribution in [0.25, 0.3) is 10.9 Å². The Labute approximate surface area is 251 Å². The van der Waals surface area contributed by atoms with Crippen LogP contribution in [0, 0.1) is 29.0 Å². The summed E-state index contributed by atoms with van der Waals surface area (Å²) in [5.41, 5.74) is 2.05. The molecule has 4 aliphatic rings. The quantitative estimate of drug-likeness (QED) is 0.301. The van der Waals surface area contributed by atoms with Crippen LogP contribution in [-0.2, 0) is 13.0 Å². The Bertz CT molecular complexity index is 1570. The Morgan fingerprint density at radius 3 is 2.79 bits per heavy atom. The summed E-state index contributed by atoms with van der Waals surface area (Å²) in [7, 11) is 1.50. The fourth-order valence-electron chi connectivity index (χ4n) is 7.39. The third kappa shape index (κ3) is 5.73. The number of benzene rings is 2. The van der Waals surface area contributed by atoms with Crippen LogP contribution in [0.15, 0.2) is 52.5 Å². The standard InChI is InChI=1S/C33H42F2N6O2/c1-20-27-13-22(33(27,2)3)14-29(20)39-32(40-12-10-36-24(17-34)18-40)38-23-6-8-26-30(15-23)37-19-41(31(26)42)11-9-21-5-7-25(43-4)16-28(21)35/h5-8,15-16,19-20,22,24,27,29,36H,9-14,17-18H2,1-4H3,(H,38,39)/t20-,22+,24-,27+,29?/m0/s1. The van der Waals surface area contributed by atoms with Crippen molar-refractivity contribution in [2.45, 2.75) is 58.7 Å². The van der Waals surface area contributed by atoms with Crippen molar-refractivity contribution in [1.82, 2.24) is 19.8 Å². The average Bonchev–Trinajstić information content (AvgIpc) is 3.01. The highest BCUT2D eigenvalue weighted by Crippen LogP contribution is 2.61. The van der Waals surface area contributed by atoms with Crippen LogP contribution in [0.5, 0.6) is 5.75 Å². The summed E-state index contributed by atoms with van der Waals surface area (Å²) in [6.07, 6.45) is 4.22. The Balaban J connectivity index is 1.23. The van der Waals surface area contributed by atoms with E-state index in [1.807, 2.05) is 12.1 Å². The number of piperazine rings is 1. The molecule has 1 unspecified atom stereocenters. The molecular weight excluding hydrogens is 550 g/mol. The summed E-state index contributed by atoms with van der Waals surface area (Å²) in [6.45, 7) is 8.92. The first kappa shape index (κ1) is 29.5. The lowest BCUT2D eigenvalue weighted by molar-refractivity contribution is -0.108. The van der Waals surface area contributed by atoms with Gasteiger partial charge in [0.15, 0.2) is 5.96 Å². The molecule has 4 fully saturated rings. The van der Waals surface area contributed by atoms with Gasteiger partial charge in [0.05, 0.1) is 36.4 Å². The minimum absolute atomic E-state index is 0.176. The number of nitrogens with zero attached hydrogens (tertiary/aromatic N) is 4. The predicted molar refractivity (Wildman–Crippen MR) is 166 cm³/mol. The van der Waals surface area contributed by atoms with E-state index in [1.54, 1.807) is 18.2 Å². The van der Waals surface area contributed by atoms with Gasteiger partial charge in [0.25, 0.3) is 5.56 Å². The number of nitrogens with one attached hydrogen (secondary N) is 2. The monoisotopic (exact) mass is 592 g/mol. The number of alkyl halides is 1. The number of fused-ring (bicyclic) bond motifs is 3. The minimum atomic E-state index is -0.431. The first-order valence-corrected chi connectivity index (χ1v) is 15.4. The fraction of sp³-hybridized carbons (Fsp3) is 0.545. The molecule has 10 heteroatoms. The van der Waals surface area contributed by atoms with Gasteiger partial charge < -0.3 is 20.3 Å². The summed E-state index contributed by atoms with van der Waals surface area (Å²) in [4.78, 5) is 25.3. The van der Waals surface area contributed by atoms with Crippen molar-refractivity contribution in [3.63, 3.8) is 0 Å². The van der Waals surface area contributed by atoms with Gasteiger partial charge in [-0.05, 0) is 72.3 Å². The zero-order valence-corrected chi connectivity index (χ0v) is 25.4. The van der Waals surface area contributed by atoms with Crippen molar-refractivity contribution in [3.8, 4) is 5.75 Å². The molecule has 2 bridgehead atoms. The Morgan fingerprint density at radius 1 is 1.23 bits per heavy atom. The number of aryl methyl sites for hydroxylation is 2. The van der Waals surface area contributed by atoms with Crippen LogP contribution in [0.2, 0.25) is 0 Å². The molecule has 3 aliphatic carbocycles.